The maximum Gasteiger partial charge on any atom is 0.165 e. The van der Waals surface area contributed by atoms with Crippen molar-refractivity contribution in [3.63, 3.8) is 0 Å². The molecule has 0 spiro atoms. The Morgan fingerprint density at radius 2 is 2.41 bits per heavy atom. The van der Waals surface area contributed by atoms with E-state index in [0.717, 1.165) is 19.4 Å². The Morgan fingerprint density at radius 3 is 3.00 bits per heavy atom. The van der Waals surface area contributed by atoms with Crippen LogP contribution in [0, 0.1) is 11.2 Å². The van der Waals surface area contributed by atoms with Crippen molar-refractivity contribution in [2.45, 2.75) is 18.9 Å². The molecule has 3 N–H and O–H groups in total. The fourth-order valence-electron chi connectivity index (χ4n) is 1.74. The summed E-state index contributed by atoms with van der Waals surface area (Å²) in [4.78, 5) is 0. The van der Waals surface area contributed by atoms with Gasteiger partial charge in [0.15, 0.2) is 11.6 Å². The molecular weight excluding hydrogens is 223 g/mol. The van der Waals surface area contributed by atoms with Crippen molar-refractivity contribution < 1.29 is 13.9 Å². The SMILES string of the molecule is N=C(N)c1ccc(OCC2CCCO2)c(F)c1. The highest BCUT2D eigenvalue weighted by molar-refractivity contribution is 5.95. The molecule has 0 saturated carbocycles. The Labute approximate surface area is 99.0 Å². The van der Waals surface area contributed by atoms with Gasteiger partial charge in [0.2, 0.25) is 0 Å². The van der Waals surface area contributed by atoms with Gasteiger partial charge < -0.3 is 15.2 Å². The first-order valence-corrected chi connectivity index (χ1v) is 5.55. The van der Waals surface area contributed by atoms with E-state index in [2.05, 4.69) is 0 Å². The zero-order valence-corrected chi connectivity index (χ0v) is 9.41. The molecule has 1 heterocycles. The van der Waals surface area contributed by atoms with E-state index in [4.69, 9.17) is 20.6 Å². The highest BCUT2D eigenvalue weighted by Crippen LogP contribution is 2.20. The van der Waals surface area contributed by atoms with Crippen LogP contribution < -0.4 is 10.5 Å². The van der Waals surface area contributed by atoms with Crippen LogP contribution in [0.1, 0.15) is 18.4 Å². The fourth-order valence-corrected chi connectivity index (χ4v) is 1.74. The number of ether oxygens (including phenoxy) is 2. The van der Waals surface area contributed by atoms with Gasteiger partial charge in [-0.2, -0.15) is 0 Å². The molecule has 1 aromatic carbocycles. The van der Waals surface area contributed by atoms with E-state index < -0.39 is 5.82 Å². The van der Waals surface area contributed by atoms with Gasteiger partial charge in [-0.3, -0.25) is 5.41 Å². The Kier molecular flexibility index (Phi) is 3.58. The average molecular weight is 238 g/mol. The molecule has 17 heavy (non-hydrogen) atoms. The topological polar surface area (TPSA) is 68.3 Å². The molecule has 0 amide bonds. The Morgan fingerprint density at radius 1 is 1.59 bits per heavy atom. The molecule has 1 unspecified atom stereocenters. The predicted octanol–water partition coefficient (Wildman–Crippen LogP) is 1.67. The van der Waals surface area contributed by atoms with E-state index in [1.54, 1.807) is 6.07 Å². The van der Waals surface area contributed by atoms with Crippen LogP contribution in [-0.4, -0.2) is 25.2 Å². The van der Waals surface area contributed by atoms with Crippen LogP contribution >= 0.6 is 0 Å². The highest BCUT2D eigenvalue weighted by Gasteiger charge is 2.17. The Bertz CT molecular complexity index is 417. The van der Waals surface area contributed by atoms with Crippen molar-refractivity contribution in [3.8, 4) is 5.75 Å². The lowest BCUT2D eigenvalue weighted by molar-refractivity contribution is 0.0666. The monoisotopic (exact) mass is 238 g/mol. The smallest absolute Gasteiger partial charge is 0.165 e. The number of nitrogens with one attached hydrogen (secondary N) is 1. The van der Waals surface area contributed by atoms with E-state index in [0.29, 0.717) is 12.2 Å². The van der Waals surface area contributed by atoms with Gasteiger partial charge in [0, 0.05) is 12.2 Å². The summed E-state index contributed by atoms with van der Waals surface area (Å²) in [6.07, 6.45) is 2.04. The van der Waals surface area contributed by atoms with Crippen molar-refractivity contribution in [1.29, 1.82) is 5.41 Å². The van der Waals surface area contributed by atoms with Gasteiger partial charge in [-0.1, -0.05) is 0 Å². The Balaban J connectivity index is 1.98. The zero-order chi connectivity index (χ0) is 12.3. The number of nitrogen functional groups attached to an aromatic ring is 1. The first kappa shape index (κ1) is 11.9. The summed E-state index contributed by atoms with van der Waals surface area (Å²) >= 11 is 0. The van der Waals surface area contributed by atoms with Crippen LogP contribution in [0.4, 0.5) is 4.39 Å². The number of halogens is 1. The molecule has 0 aromatic heterocycles. The second-order valence-corrected chi connectivity index (χ2v) is 4.00. The molecule has 1 aliphatic heterocycles. The minimum absolute atomic E-state index is 0.0573. The second-order valence-electron chi connectivity index (χ2n) is 4.00. The third-order valence-corrected chi connectivity index (χ3v) is 2.69. The normalized spacial score (nSPS) is 19.2. The van der Waals surface area contributed by atoms with E-state index in [9.17, 15) is 4.39 Å². The summed E-state index contributed by atoms with van der Waals surface area (Å²) in [6, 6.07) is 4.25. The van der Waals surface area contributed by atoms with Gasteiger partial charge in [0.25, 0.3) is 0 Å². The minimum atomic E-state index is -0.504. The molecule has 1 atom stereocenters. The molecule has 92 valence electrons. The average Bonchev–Trinajstić information content (AvgIpc) is 2.80. The van der Waals surface area contributed by atoms with E-state index in [1.807, 2.05) is 0 Å². The van der Waals surface area contributed by atoms with Gasteiger partial charge in [0.05, 0.1) is 6.10 Å². The first-order chi connectivity index (χ1) is 8.16. The summed E-state index contributed by atoms with van der Waals surface area (Å²) < 4.78 is 24.3. The number of hydrogen-bond donors (Lipinski definition) is 2. The van der Waals surface area contributed by atoms with Crippen molar-refractivity contribution in [1.82, 2.24) is 0 Å². The second kappa shape index (κ2) is 5.14. The van der Waals surface area contributed by atoms with Crippen molar-refractivity contribution in [3.05, 3.63) is 29.6 Å². The highest BCUT2D eigenvalue weighted by atomic mass is 19.1. The van der Waals surface area contributed by atoms with Crippen molar-refractivity contribution in [2.24, 2.45) is 5.73 Å². The molecular formula is C12H15FN2O2. The standard InChI is InChI=1S/C12H15FN2O2/c13-10-6-8(12(14)15)3-4-11(10)17-7-9-2-1-5-16-9/h3-4,6,9H,1-2,5,7H2,(H3,14,15). The van der Waals surface area contributed by atoms with Gasteiger partial charge in [-0.05, 0) is 31.0 Å². The molecule has 4 nitrogen and oxygen atoms in total. The number of benzene rings is 1. The van der Waals surface area contributed by atoms with Gasteiger partial charge in [0.1, 0.15) is 12.4 Å². The van der Waals surface area contributed by atoms with Crippen LogP contribution in [0.25, 0.3) is 0 Å². The summed E-state index contributed by atoms with van der Waals surface area (Å²) in [5, 5.41) is 7.19. The maximum atomic E-state index is 13.6. The van der Waals surface area contributed by atoms with Gasteiger partial charge in [-0.25, -0.2) is 4.39 Å². The maximum absolute atomic E-state index is 13.6. The van der Waals surface area contributed by atoms with E-state index >= 15 is 0 Å². The van der Waals surface area contributed by atoms with E-state index in [1.165, 1.54) is 12.1 Å². The van der Waals surface area contributed by atoms with E-state index in [-0.39, 0.29) is 17.7 Å². The number of hydrogen-bond acceptors (Lipinski definition) is 3. The van der Waals surface area contributed by atoms with Crippen LogP contribution in [0.15, 0.2) is 18.2 Å². The summed E-state index contributed by atoms with van der Waals surface area (Å²) in [6.45, 7) is 1.11. The molecule has 0 aliphatic carbocycles. The molecule has 1 saturated heterocycles. The summed E-state index contributed by atoms with van der Waals surface area (Å²) in [7, 11) is 0. The van der Waals surface area contributed by atoms with Gasteiger partial charge in [-0.15, -0.1) is 0 Å². The molecule has 0 bridgehead atoms. The van der Waals surface area contributed by atoms with Crippen LogP contribution in [0.5, 0.6) is 5.75 Å². The minimum Gasteiger partial charge on any atom is -0.488 e. The lowest BCUT2D eigenvalue weighted by Crippen LogP contribution is -2.17. The third kappa shape index (κ3) is 2.94. The van der Waals surface area contributed by atoms with Crippen molar-refractivity contribution in [2.75, 3.05) is 13.2 Å². The van der Waals surface area contributed by atoms with Crippen molar-refractivity contribution >= 4 is 5.84 Å². The molecule has 0 radical (unpaired) electrons. The summed E-state index contributed by atoms with van der Waals surface area (Å²) in [5.41, 5.74) is 5.62. The molecule has 5 heteroatoms. The molecule has 1 aliphatic rings. The molecule has 1 aromatic rings. The zero-order valence-electron chi connectivity index (χ0n) is 9.41. The fraction of sp³-hybridized carbons (Fsp3) is 0.417. The number of amidine groups is 1. The first-order valence-electron chi connectivity index (χ1n) is 5.55. The largest absolute Gasteiger partial charge is 0.488 e. The van der Waals surface area contributed by atoms with Crippen LogP contribution in [0.2, 0.25) is 0 Å². The lowest BCUT2D eigenvalue weighted by Gasteiger charge is -2.12. The number of rotatable bonds is 4. The number of nitrogens with two attached hydrogens (primary N) is 1. The quantitative estimate of drug-likeness (QED) is 0.619. The molecule has 2 rings (SSSR count). The van der Waals surface area contributed by atoms with Crippen LogP contribution in [0.3, 0.4) is 0 Å². The van der Waals surface area contributed by atoms with Gasteiger partial charge >= 0.3 is 0 Å². The third-order valence-electron chi connectivity index (χ3n) is 2.69. The predicted molar refractivity (Wildman–Crippen MR) is 61.9 cm³/mol. The summed E-state index contributed by atoms with van der Waals surface area (Å²) in [5.74, 6) is -0.490. The Hall–Kier alpha value is -1.62. The van der Waals surface area contributed by atoms with Crippen LogP contribution in [-0.2, 0) is 4.74 Å². The lowest BCUT2D eigenvalue weighted by atomic mass is 10.2. The molecule has 1 fully saturated rings.